The van der Waals surface area contributed by atoms with E-state index in [-0.39, 0.29) is 32.6 Å². The molecule has 1 atom stereocenters. The van der Waals surface area contributed by atoms with Gasteiger partial charge >= 0.3 is 0 Å². The third-order valence-corrected chi connectivity index (χ3v) is 4.91. The molecule has 1 unspecified atom stereocenters. The molecule has 1 N–H and O–H groups in total. The Morgan fingerprint density at radius 3 is 2.48 bits per heavy atom. The Balaban J connectivity index is 1.96. The monoisotopic (exact) mass is 432 g/mol. The van der Waals surface area contributed by atoms with Crippen molar-refractivity contribution >= 4 is 23.2 Å². The molecule has 8 heteroatoms. The molecule has 0 saturated carbocycles. The van der Waals surface area contributed by atoms with Gasteiger partial charge in [-0.15, -0.1) is 0 Å². The number of halogens is 4. The Kier molecular flexibility index (Phi) is 5.32. The Labute approximate surface area is 174 Å². The van der Waals surface area contributed by atoms with Gasteiger partial charge in [0.2, 0.25) is 0 Å². The van der Waals surface area contributed by atoms with Crippen molar-refractivity contribution in [2.24, 2.45) is 0 Å². The number of hydrogen-bond donors (Lipinski definition) is 1. The molecule has 0 bridgehead atoms. The first kappa shape index (κ1) is 19.5. The summed E-state index contributed by atoms with van der Waals surface area (Å²) in [7, 11) is 0. The molecule has 0 radical (unpaired) electrons. The Hall–Kier alpha value is -2.80. The first-order valence-electron chi connectivity index (χ1n) is 8.44. The SMILES string of the molecule is OC(c1cccnc1)c1c(-c2ccc(Cl)cc2F)noc1-c1ccc(F)cc1Cl. The summed E-state index contributed by atoms with van der Waals surface area (Å²) in [5, 5.41) is 15.3. The summed E-state index contributed by atoms with van der Waals surface area (Å²) in [6.45, 7) is 0. The second kappa shape index (κ2) is 7.91. The normalized spacial score (nSPS) is 12.2. The third-order valence-electron chi connectivity index (χ3n) is 4.36. The van der Waals surface area contributed by atoms with E-state index >= 15 is 0 Å². The zero-order valence-corrected chi connectivity index (χ0v) is 16.1. The second-order valence-electron chi connectivity index (χ2n) is 6.21. The molecule has 146 valence electrons. The molecule has 2 aromatic carbocycles. The van der Waals surface area contributed by atoms with Crippen molar-refractivity contribution < 1.29 is 18.4 Å². The van der Waals surface area contributed by atoms with Crippen LogP contribution in [0.15, 0.2) is 65.4 Å². The van der Waals surface area contributed by atoms with Crippen LogP contribution in [-0.2, 0) is 0 Å². The number of pyridine rings is 1. The zero-order valence-electron chi connectivity index (χ0n) is 14.6. The lowest BCUT2D eigenvalue weighted by molar-refractivity contribution is 0.220. The highest BCUT2D eigenvalue weighted by atomic mass is 35.5. The third kappa shape index (κ3) is 3.74. The van der Waals surface area contributed by atoms with Gasteiger partial charge < -0.3 is 9.63 Å². The van der Waals surface area contributed by atoms with Crippen molar-refractivity contribution in [2.45, 2.75) is 6.10 Å². The van der Waals surface area contributed by atoms with Gasteiger partial charge in [0.15, 0.2) is 5.76 Å². The van der Waals surface area contributed by atoms with E-state index < -0.39 is 17.7 Å². The van der Waals surface area contributed by atoms with Crippen molar-refractivity contribution in [1.29, 1.82) is 0 Å². The molecule has 2 heterocycles. The summed E-state index contributed by atoms with van der Waals surface area (Å²) >= 11 is 12.0. The Morgan fingerprint density at radius 1 is 1.00 bits per heavy atom. The fourth-order valence-corrected chi connectivity index (χ4v) is 3.41. The van der Waals surface area contributed by atoms with Crippen LogP contribution in [0.5, 0.6) is 0 Å². The van der Waals surface area contributed by atoms with Crippen molar-refractivity contribution in [2.75, 3.05) is 0 Å². The van der Waals surface area contributed by atoms with E-state index in [9.17, 15) is 13.9 Å². The molecule has 0 spiro atoms. The summed E-state index contributed by atoms with van der Waals surface area (Å²) in [5.41, 5.74) is 1.07. The van der Waals surface area contributed by atoms with Crippen LogP contribution in [0.3, 0.4) is 0 Å². The Bertz CT molecular complexity index is 1110. The smallest absolute Gasteiger partial charge is 0.175 e. The molecule has 0 aliphatic rings. The molecule has 4 aromatic rings. The molecule has 4 rings (SSSR count). The summed E-state index contributed by atoms with van der Waals surface area (Å²) in [4.78, 5) is 4.00. The number of benzene rings is 2. The molecule has 0 aliphatic carbocycles. The largest absolute Gasteiger partial charge is 0.383 e. The van der Waals surface area contributed by atoms with Gasteiger partial charge in [-0.2, -0.15) is 0 Å². The highest BCUT2D eigenvalue weighted by Crippen LogP contribution is 2.42. The van der Waals surface area contributed by atoms with E-state index in [0.29, 0.717) is 11.1 Å². The van der Waals surface area contributed by atoms with Crippen LogP contribution in [0.4, 0.5) is 8.78 Å². The van der Waals surface area contributed by atoms with E-state index in [1.807, 2.05) is 0 Å². The second-order valence-corrected chi connectivity index (χ2v) is 7.05. The highest BCUT2D eigenvalue weighted by molar-refractivity contribution is 6.33. The number of rotatable bonds is 4. The first-order valence-corrected chi connectivity index (χ1v) is 9.19. The van der Waals surface area contributed by atoms with Gasteiger partial charge in [-0.1, -0.05) is 34.4 Å². The van der Waals surface area contributed by atoms with Crippen molar-refractivity contribution in [3.8, 4) is 22.6 Å². The van der Waals surface area contributed by atoms with E-state index in [2.05, 4.69) is 10.1 Å². The Morgan fingerprint density at radius 2 is 1.79 bits per heavy atom. The number of aliphatic hydroxyl groups excluding tert-OH is 1. The summed E-state index contributed by atoms with van der Waals surface area (Å²) in [6.07, 6.45) is 1.77. The lowest BCUT2D eigenvalue weighted by atomic mass is 9.94. The van der Waals surface area contributed by atoms with Crippen molar-refractivity contribution in [1.82, 2.24) is 10.1 Å². The van der Waals surface area contributed by atoms with Gasteiger partial charge in [0, 0.05) is 34.1 Å². The topological polar surface area (TPSA) is 59.2 Å². The fraction of sp³-hybridized carbons (Fsp3) is 0.0476. The van der Waals surface area contributed by atoms with Gasteiger partial charge in [0.25, 0.3) is 0 Å². The van der Waals surface area contributed by atoms with Crippen LogP contribution < -0.4 is 0 Å². The quantitative estimate of drug-likeness (QED) is 0.425. The molecule has 29 heavy (non-hydrogen) atoms. The maximum absolute atomic E-state index is 14.6. The fourth-order valence-electron chi connectivity index (χ4n) is 3.00. The first-order chi connectivity index (χ1) is 14.0. The molecule has 0 saturated heterocycles. The lowest BCUT2D eigenvalue weighted by Gasteiger charge is -2.13. The van der Waals surface area contributed by atoms with E-state index in [1.165, 1.54) is 30.5 Å². The van der Waals surface area contributed by atoms with Crippen LogP contribution in [0.25, 0.3) is 22.6 Å². The van der Waals surface area contributed by atoms with E-state index in [0.717, 1.165) is 12.1 Å². The maximum Gasteiger partial charge on any atom is 0.175 e. The van der Waals surface area contributed by atoms with Crippen LogP contribution in [0, 0.1) is 11.6 Å². The van der Waals surface area contributed by atoms with Gasteiger partial charge in [0.05, 0.1) is 10.6 Å². The molecular weight excluding hydrogens is 421 g/mol. The standard InChI is InChI=1S/C21H12Cl2F2N2O2/c22-12-3-5-15(17(25)8-12)19-18(20(28)11-2-1-7-26-10-11)21(29-27-19)14-6-4-13(24)9-16(14)23/h1-10,20,28H. The van der Waals surface area contributed by atoms with Gasteiger partial charge in [0.1, 0.15) is 23.4 Å². The van der Waals surface area contributed by atoms with Crippen LogP contribution in [0.1, 0.15) is 17.2 Å². The number of aromatic nitrogens is 2. The van der Waals surface area contributed by atoms with Gasteiger partial charge in [-0.05, 0) is 42.5 Å². The lowest BCUT2D eigenvalue weighted by Crippen LogP contribution is -2.03. The average Bonchev–Trinajstić information content (AvgIpc) is 3.12. The van der Waals surface area contributed by atoms with Crippen molar-refractivity contribution in [3.63, 3.8) is 0 Å². The minimum atomic E-state index is -1.25. The van der Waals surface area contributed by atoms with Crippen LogP contribution >= 0.6 is 23.2 Å². The molecule has 4 nitrogen and oxygen atoms in total. The van der Waals surface area contributed by atoms with E-state index in [1.54, 1.807) is 18.3 Å². The van der Waals surface area contributed by atoms with Gasteiger partial charge in [-0.3, -0.25) is 4.98 Å². The molecule has 0 aliphatic heterocycles. The van der Waals surface area contributed by atoms with Crippen molar-refractivity contribution in [3.05, 3.63) is 93.7 Å². The van der Waals surface area contributed by atoms with Gasteiger partial charge in [-0.25, -0.2) is 8.78 Å². The highest BCUT2D eigenvalue weighted by Gasteiger charge is 2.29. The summed E-state index contributed by atoms with van der Waals surface area (Å²) < 4.78 is 33.5. The predicted octanol–water partition coefficient (Wildman–Crippen LogP) is 6.07. The molecule has 0 fully saturated rings. The molecule has 0 amide bonds. The minimum absolute atomic E-state index is 0.0592. The number of hydrogen-bond acceptors (Lipinski definition) is 4. The number of nitrogens with zero attached hydrogens (tertiary/aromatic N) is 2. The zero-order chi connectivity index (χ0) is 20.5. The van der Waals surface area contributed by atoms with Crippen LogP contribution in [0.2, 0.25) is 10.0 Å². The predicted molar refractivity (Wildman–Crippen MR) is 106 cm³/mol. The number of aliphatic hydroxyl groups is 1. The molecule has 2 aromatic heterocycles. The minimum Gasteiger partial charge on any atom is -0.383 e. The van der Waals surface area contributed by atoms with Crippen LogP contribution in [-0.4, -0.2) is 15.2 Å². The van der Waals surface area contributed by atoms with E-state index in [4.69, 9.17) is 27.7 Å². The summed E-state index contributed by atoms with van der Waals surface area (Å²) in [5.74, 6) is -1.07. The summed E-state index contributed by atoms with van der Waals surface area (Å²) in [6, 6.07) is 11.1. The maximum atomic E-state index is 14.6. The molecular formula is C21H12Cl2F2N2O2. The average molecular weight is 433 g/mol.